The fraction of sp³-hybridized carbons (Fsp3) is 0. The first kappa shape index (κ1) is 34.4. The van der Waals surface area contributed by atoms with E-state index >= 15 is 0 Å². The Morgan fingerprint density at radius 1 is 0.317 bits per heavy atom. The molecule has 0 aliphatic rings. The Labute approximate surface area is 351 Å². The van der Waals surface area contributed by atoms with Crippen molar-refractivity contribution in [3.8, 4) is 11.1 Å². The maximum Gasteiger partial charge on any atom is 0.143 e. The van der Waals surface area contributed by atoms with Crippen molar-refractivity contribution in [3.63, 3.8) is 0 Å². The molecule has 12 aromatic rings. The SMILES string of the molecule is c1ccc(N(c2ccccc2)c2ccc3oc4c5ccccc5c(N(c5ccccc5)c5ccccc5-c5cccc6c5sc5c7ccccc7ccc65)cc4c3c2)cc1. The van der Waals surface area contributed by atoms with E-state index in [0.717, 1.165) is 66.8 Å². The molecule has 2 heterocycles. The number of hydrogen-bond donors (Lipinski definition) is 0. The number of nitrogens with zero attached hydrogens (tertiary/aromatic N) is 2. The second-order valence-corrected chi connectivity index (χ2v) is 16.3. The number of benzene rings is 10. The third-order valence-corrected chi connectivity index (χ3v) is 13.1. The third kappa shape index (κ3) is 5.49. The van der Waals surface area contributed by atoms with Gasteiger partial charge in [0.25, 0.3) is 0 Å². The first-order chi connectivity index (χ1) is 29.8. The summed E-state index contributed by atoms with van der Waals surface area (Å²) < 4.78 is 9.44. The molecule has 4 heteroatoms. The highest BCUT2D eigenvalue weighted by atomic mass is 32.1. The normalized spacial score (nSPS) is 11.7. The van der Waals surface area contributed by atoms with Crippen LogP contribution < -0.4 is 9.80 Å². The van der Waals surface area contributed by atoms with Crippen LogP contribution in [0.2, 0.25) is 0 Å². The molecule has 60 heavy (non-hydrogen) atoms. The number of anilines is 6. The van der Waals surface area contributed by atoms with Crippen molar-refractivity contribution in [2.75, 3.05) is 9.80 Å². The zero-order valence-corrected chi connectivity index (χ0v) is 33.3. The monoisotopic (exact) mass is 784 g/mol. The van der Waals surface area contributed by atoms with E-state index in [0.29, 0.717) is 0 Å². The summed E-state index contributed by atoms with van der Waals surface area (Å²) in [6.45, 7) is 0. The molecule has 0 spiro atoms. The highest BCUT2D eigenvalue weighted by molar-refractivity contribution is 7.27. The predicted molar refractivity (Wildman–Crippen MR) is 256 cm³/mol. The second-order valence-electron chi connectivity index (χ2n) is 15.2. The first-order valence-electron chi connectivity index (χ1n) is 20.3. The first-order valence-corrected chi connectivity index (χ1v) is 21.2. The fourth-order valence-electron chi connectivity index (χ4n) is 9.11. The van der Waals surface area contributed by atoms with Gasteiger partial charge in [0.1, 0.15) is 11.2 Å². The summed E-state index contributed by atoms with van der Waals surface area (Å²) in [5.74, 6) is 0. The molecule has 0 radical (unpaired) electrons. The molecule has 0 aliphatic carbocycles. The molecule has 0 saturated heterocycles. The topological polar surface area (TPSA) is 19.6 Å². The van der Waals surface area contributed by atoms with Crippen LogP contribution in [0.1, 0.15) is 0 Å². The van der Waals surface area contributed by atoms with Gasteiger partial charge in [-0.25, -0.2) is 0 Å². The summed E-state index contributed by atoms with van der Waals surface area (Å²) in [4.78, 5) is 4.76. The van der Waals surface area contributed by atoms with Gasteiger partial charge < -0.3 is 14.2 Å². The van der Waals surface area contributed by atoms with Crippen molar-refractivity contribution < 1.29 is 4.42 Å². The van der Waals surface area contributed by atoms with E-state index < -0.39 is 0 Å². The molecule has 0 atom stereocenters. The molecule has 0 fully saturated rings. The Hall–Kier alpha value is -7.66. The van der Waals surface area contributed by atoms with Crippen LogP contribution in [0, 0.1) is 0 Å². The van der Waals surface area contributed by atoms with Gasteiger partial charge in [-0.2, -0.15) is 0 Å². The van der Waals surface area contributed by atoms with Gasteiger partial charge in [-0.1, -0.05) is 152 Å². The van der Waals surface area contributed by atoms with Crippen LogP contribution in [0.5, 0.6) is 0 Å². The smallest absolute Gasteiger partial charge is 0.143 e. The van der Waals surface area contributed by atoms with E-state index in [-0.39, 0.29) is 0 Å². The molecule has 0 unspecified atom stereocenters. The van der Waals surface area contributed by atoms with Gasteiger partial charge in [0, 0.05) is 75.6 Å². The lowest BCUT2D eigenvalue weighted by atomic mass is 9.97. The largest absolute Gasteiger partial charge is 0.455 e. The minimum absolute atomic E-state index is 0.854. The van der Waals surface area contributed by atoms with Crippen LogP contribution in [0.25, 0.3) is 74.8 Å². The minimum Gasteiger partial charge on any atom is -0.455 e. The zero-order valence-electron chi connectivity index (χ0n) is 32.5. The van der Waals surface area contributed by atoms with Crippen molar-refractivity contribution in [2.24, 2.45) is 0 Å². The molecule has 0 saturated carbocycles. The molecule has 282 valence electrons. The summed E-state index contributed by atoms with van der Waals surface area (Å²) in [5.41, 5.74) is 10.7. The van der Waals surface area contributed by atoms with Crippen LogP contribution in [-0.4, -0.2) is 0 Å². The fourth-order valence-corrected chi connectivity index (χ4v) is 10.5. The number of hydrogen-bond acceptors (Lipinski definition) is 4. The van der Waals surface area contributed by atoms with Crippen LogP contribution in [-0.2, 0) is 0 Å². The van der Waals surface area contributed by atoms with Crippen molar-refractivity contribution in [1.82, 2.24) is 0 Å². The lowest BCUT2D eigenvalue weighted by molar-refractivity contribution is 0.672. The second kappa shape index (κ2) is 14.0. The molecule has 10 aromatic carbocycles. The lowest BCUT2D eigenvalue weighted by Gasteiger charge is -2.29. The van der Waals surface area contributed by atoms with Gasteiger partial charge >= 0.3 is 0 Å². The summed E-state index contributed by atoms with van der Waals surface area (Å²) >= 11 is 1.90. The Bertz CT molecular complexity index is 3520. The Morgan fingerprint density at radius 3 is 1.65 bits per heavy atom. The number of fused-ring (bicyclic) bond motifs is 10. The lowest BCUT2D eigenvalue weighted by Crippen LogP contribution is -2.11. The number of rotatable bonds is 7. The van der Waals surface area contributed by atoms with Gasteiger partial charge in [0.15, 0.2) is 0 Å². The van der Waals surface area contributed by atoms with E-state index in [4.69, 9.17) is 4.42 Å². The molecular weight excluding hydrogens is 749 g/mol. The molecule has 0 aliphatic heterocycles. The minimum atomic E-state index is 0.854. The standard InChI is InChI=1S/C56H36N2OS/c1-4-18-38(19-5-1)57(39-20-6-2-7-21-39)41-32-34-53-49(35-41)50-36-52(43-25-12-13-27-45(43)54(50)59-53)58(40-22-8-3-9-23-40)51-30-15-14-26-44(51)46-28-16-29-47-48-33-31-37-17-10-11-24-42(37)55(48)60-56(46)47/h1-36H. The average Bonchev–Trinajstić information content (AvgIpc) is 3.89. The molecule has 0 N–H and O–H groups in total. The van der Waals surface area contributed by atoms with E-state index in [1.165, 1.54) is 42.1 Å². The average molecular weight is 785 g/mol. The highest BCUT2D eigenvalue weighted by Gasteiger charge is 2.24. The van der Waals surface area contributed by atoms with Gasteiger partial charge in [-0.05, 0) is 77.5 Å². The number of furan rings is 1. The molecule has 2 aromatic heterocycles. The van der Waals surface area contributed by atoms with Crippen molar-refractivity contribution >= 4 is 109 Å². The van der Waals surface area contributed by atoms with Crippen molar-refractivity contribution in [3.05, 3.63) is 218 Å². The maximum absolute atomic E-state index is 6.82. The van der Waals surface area contributed by atoms with Gasteiger partial charge in [-0.3, -0.25) is 0 Å². The van der Waals surface area contributed by atoms with E-state index in [1.807, 2.05) is 11.3 Å². The summed E-state index contributed by atoms with van der Waals surface area (Å²) in [6, 6.07) is 78.4. The molecule has 0 amide bonds. The predicted octanol–water partition coefficient (Wildman–Crippen LogP) is 16.9. The van der Waals surface area contributed by atoms with E-state index in [2.05, 4.69) is 228 Å². The molecule has 0 bridgehead atoms. The maximum atomic E-state index is 6.82. The zero-order chi connectivity index (χ0) is 39.6. The van der Waals surface area contributed by atoms with Gasteiger partial charge in [-0.15, -0.1) is 11.3 Å². The summed E-state index contributed by atoms with van der Waals surface area (Å²) in [5, 5.41) is 9.47. The highest BCUT2D eigenvalue weighted by Crippen LogP contribution is 2.50. The van der Waals surface area contributed by atoms with Gasteiger partial charge in [0.05, 0.1) is 11.4 Å². The summed E-state index contributed by atoms with van der Waals surface area (Å²) in [7, 11) is 0. The molecule has 12 rings (SSSR count). The van der Waals surface area contributed by atoms with Gasteiger partial charge in [0.2, 0.25) is 0 Å². The molecule has 3 nitrogen and oxygen atoms in total. The van der Waals surface area contributed by atoms with Crippen molar-refractivity contribution in [2.45, 2.75) is 0 Å². The van der Waals surface area contributed by atoms with Crippen LogP contribution in [0.15, 0.2) is 223 Å². The van der Waals surface area contributed by atoms with E-state index in [9.17, 15) is 0 Å². The van der Waals surface area contributed by atoms with Crippen molar-refractivity contribution in [1.29, 1.82) is 0 Å². The number of thiophene rings is 1. The quantitative estimate of drug-likeness (QED) is 0.160. The van der Waals surface area contributed by atoms with Crippen LogP contribution in [0.3, 0.4) is 0 Å². The Morgan fingerprint density at radius 2 is 0.900 bits per heavy atom. The summed E-state index contributed by atoms with van der Waals surface area (Å²) in [6.07, 6.45) is 0. The van der Waals surface area contributed by atoms with Crippen LogP contribution in [0.4, 0.5) is 34.1 Å². The third-order valence-electron chi connectivity index (χ3n) is 11.8. The van der Waals surface area contributed by atoms with Crippen LogP contribution >= 0.6 is 11.3 Å². The Kier molecular flexibility index (Phi) is 8.03. The molecular formula is C56H36N2OS. The van der Waals surface area contributed by atoms with E-state index in [1.54, 1.807) is 0 Å². The Balaban J connectivity index is 1.11. The number of para-hydroxylation sites is 4.